The predicted molar refractivity (Wildman–Crippen MR) is 64.6 cm³/mol. The van der Waals surface area contributed by atoms with Crippen LogP contribution in [0.5, 0.6) is 0 Å². The van der Waals surface area contributed by atoms with Gasteiger partial charge in [0.05, 0.1) is 12.3 Å². The molecule has 0 aliphatic heterocycles. The molecule has 4 heteroatoms. The van der Waals surface area contributed by atoms with Crippen molar-refractivity contribution in [2.24, 2.45) is 0 Å². The van der Waals surface area contributed by atoms with E-state index in [-0.39, 0.29) is 5.78 Å². The average Bonchev–Trinajstić information content (AvgIpc) is 2.92. The van der Waals surface area contributed by atoms with Crippen LogP contribution in [0.4, 0.5) is 0 Å². The number of nitriles is 1. The van der Waals surface area contributed by atoms with Crippen molar-refractivity contribution in [3.8, 4) is 6.07 Å². The fourth-order valence-electron chi connectivity index (χ4n) is 1.73. The molecule has 0 fully saturated rings. The number of hydrogen-bond donors (Lipinski definition) is 0. The van der Waals surface area contributed by atoms with Gasteiger partial charge in [0.15, 0.2) is 5.78 Å². The van der Waals surface area contributed by atoms with Gasteiger partial charge in [0.2, 0.25) is 0 Å². The smallest absolute Gasteiger partial charge is 0.154 e. The van der Waals surface area contributed by atoms with Crippen molar-refractivity contribution in [1.29, 1.82) is 5.26 Å². The number of nitrogens with zero attached hydrogens (tertiary/aromatic N) is 2. The van der Waals surface area contributed by atoms with E-state index in [4.69, 9.17) is 9.68 Å². The van der Waals surface area contributed by atoms with E-state index in [1.54, 1.807) is 36.9 Å². The molecular formula is C14H12N2O2. The van der Waals surface area contributed by atoms with Gasteiger partial charge in [0.25, 0.3) is 0 Å². The number of Topliss-reactive ketones (excluding diaryl/α,β-unsaturated/α-hetero) is 1. The zero-order valence-corrected chi connectivity index (χ0v) is 9.74. The minimum Gasteiger partial charge on any atom is -0.469 e. The van der Waals surface area contributed by atoms with Crippen molar-refractivity contribution in [1.82, 2.24) is 4.98 Å². The van der Waals surface area contributed by atoms with Crippen molar-refractivity contribution < 1.29 is 9.21 Å². The van der Waals surface area contributed by atoms with Gasteiger partial charge in [-0.25, -0.2) is 0 Å². The highest BCUT2D eigenvalue weighted by Gasteiger charge is 2.19. The van der Waals surface area contributed by atoms with Gasteiger partial charge in [-0.1, -0.05) is 0 Å². The van der Waals surface area contributed by atoms with Crippen molar-refractivity contribution in [2.75, 3.05) is 0 Å². The quantitative estimate of drug-likeness (QED) is 0.805. The summed E-state index contributed by atoms with van der Waals surface area (Å²) in [5, 5.41) is 9.09. The third-order valence-electron chi connectivity index (χ3n) is 2.69. The standard InChI is InChI=1S/C14H12N2O2/c15-10-13(11-5-7-16-8-6-11)14(17)4-3-12-2-1-9-18-12/h1-2,5-9,13H,3-4H2. The molecule has 0 spiro atoms. The molecule has 0 bridgehead atoms. The zero-order chi connectivity index (χ0) is 12.8. The third-order valence-corrected chi connectivity index (χ3v) is 2.69. The molecule has 0 saturated carbocycles. The highest BCUT2D eigenvalue weighted by atomic mass is 16.3. The summed E-state index contributed by atoms with van der Waals surface area (Å²) >= 11 is 0. The van der Waals surface area contributed by atoms with Gasteiger partial charge in [0.1, 0.15) is 11.7 Å². The maximum absolute atomic E-state index is 12.0. The summed E-state index contributed by atoms with van der Waals surface area (Å²) in [5.41, 5.74) is 0.692. The summed E-state index contributed by atoms with van der Waals surface area (Å²) in [6.45, 7) is 0. The molecule has 2 aromatic heterocycles. The Morgan fingerprint density at radius 3 is 2.78 bits per heavy atom. The van der Waals surface area contributed by atoms with E-state index in [0.29, 0.717) is 18.4 Å². The minimum atomic E-state index is -0.719. The number of pyridine rings is 1. The van der Waals surface area contributed by atoms with Crippen LogP contribution in [0, 0.1) is 11.3 Å². The molecule has 0 aliphatic rings. The molecule has 1 atom stereocenters. The van der Waals surface area contributed by atoms with Crippen LogP contribution in [0.1, 0.15) is 23.7 Å². The number of aromatic nitrogens is 1. The van der Waals surface area contributed by atoms with E-state index in [9.17, 15) is 4.79 Å². The first-order valence-corrected chi connectivity index (χ1v) is 5.66. The van der Waals surface area contributed by atoms with Crippen LogP contribution < -0.4 is 0 Å². The van der Waals surface area contributed by atoms with Gasteiger partial charge < -0.3 is 4.42 Å². The second-order valence-electron chi connectivity index (χ2n) is 3.89. The van der Waals surface area contributed by atoms with Gasteiger partial charge in [-0.05, 0) is 29.8 Å². The molecule has 4 nitrogen and oxygen atoms in total. The van der Waals surface area contributed by atoms with Crippen molar-refractivity contribution in [3.63, 3.8) is 0 Å². The monoisotopic (exact) mass is 240 g/mol. The molecular weight excluding hydrogens is 228 g/mol. The molecule has 2 rings (SSSR count). The molecule has 18 heavy (non-hydrogen) atoms. The van der Waals surface area contributed by atoms with Gasteiger partial charge >= 0.3 is 0 Å². The molecule has 0 saturated heterocycles. The summed E-state index contributed by atoms with van der Waals surface area (Å²) in [6.07, 6.45) is 5.56. The largest absolute Gasteiger partial charge is 0.469 e. The number of hydrogen-bond acceptors (Lipinski definition) is 4. The molecule has 2 aromatic rings. The number of furan rings is 1. The normalized spacial score (nSPS) is 11.7. The number of carbonyl (C=O) groups excluding carboxylic acids is 1. The van der Waals surface area contributed by atoms with E-state index in [1.807, 2.05) is 12.1 Å². The lowest BCUT2D eigenvalue weighted by Gasteiger charge is -2.07. The lowest BCUT2D eigenvalue weighted by atomic mass is 9.94. The number of rotatable bonds is 5. The van der Waals surface area contributed by atoms with Gasteiger partial charge in [-0.3, -0.25) is 9.78 Å². The molecule has 90 valence electrons. The Morgan fingerprint density at radius 1 is 1.39 bits per heavy atom. The fraction of sp³-hybridized carbons (Fsp3) is 0.214. The first-order chi connectivity index (χ1) is 8.81. The Labute approximate surface area is 105 Å². The zero-order valence-electron chi connectivity index (χ0n) is 9.74. The Hall–Kier alpha value is -2.41. The second-order valence-corrected chi connectivity index (χ2v) is 3.89. The first kappa shape index (κ1) is 12.1. The Balaban J connectivity index is 2.01. The summed E-state index contributed by atoms with van der Waals surface area (Å²) in [5.74, 6) is -0.0576. The van der Waals surface area contributed by atoms with E-state index >= 15 is 0 Å². The van der Waals surface area contributed by atoms with Crippen LogP contribution in [-0.4, -0.2) is 10.8 Å². The van der Waals surface area contributed by atoms with Crippen molar-refractivity contribution in [3.05, 3.63) is 54.2 Å². The van der Waals surface area contributed by atoms with Crippen LogP contribution in [0.2, 0.25) is 0 Å². The summed E-state index contributed by atoms with van der Waals surface area (Å²) in [7, 11) is 0. The molecule has 0 aliphatic carbocycles. The SMILES string of the molecule is N#CC(C(=O)CCc1ccco1)c1ccncc1. The number of aryl methyl sites for hydroxylation is 1. The van der Waals surface area contributed by atoms with E-state index < -0.39 is 5.92 Å². The Morgan fingerprint density at radius 2 is 2.17 bits per heavy atom. The second kappa shape index (κ2) is 5.78. The summed E-state index contributed by atoms with van der Waals surface area (Å²) in [4.78, 5) is 15.9. The number of carbonyl (C=O) groups is 1. The van der Waals surface area contributed by atoms with Crippen LogP contribution in [0.15, 0.2) is 47.3 Å². The molecule has 0 amide bonds. The summed E-state index contributed by atoms with van der Waals surface area (Å²) in [6, 6.07) is 9.03. The minimum absolute atomic E-state index is 0.0971. The van der Waals surface area contributed by atoms with Crippen LogP contribution >= 0.6 is 0 Å². The van der Waals surface area contributed by atoms with E-state index in [1.165, 1.54) is 0 Å². The average molecular weight is 240 g/mol. The van der Waals surface area contributed by atoms with Gasteiger partial charge in [-0.2, -0.15) is 5.26 Å². The topological polar surface area (TPSA) is 66.9 Å². The molecule has 1 unspecified atom stereocenters. The highest BCUT2D eigenvalue weighted by molar-refractivity contribution is 5.88. The van der Waals surface area contributed by atoms with Gasteiger partial charge in [0, 0.05) is 25.2 Å². The lowest BCUT2D eigenvalue weighted by Crippen LogP contribution is -2.11. The molecule has 0 N–H and O–H groups in total. The first-order valence-electron chi connectivity index (χ1n) is 5.66. The molecule has 2 heterocycles. The van der Waals surface area contributed by atoms with Crippen LogP contribution in [0.25, 0.3) is 0 Å². The van der Waals surface area contributed by atoms with Crippen LogP contribution in [-0.2, 0) is 11.2 Å². The van der Waals surface area contributed by atoms with Crippen molar-refractivity contribution >= 4 is 5.78 Å². The predicted octanol–water partition coefficient (Wildman–Crippen LogP) is 2.48. The maximum Gasteiger partial charge on any atom is 0.154 e. The summed E-state index contributed by atoms with van der Waals surface area (Å²) < 4.78 is 5.16. The maximum atomic E-state index is 12.0. The molecule has 0 radical (unpaired) electrons. The third kappa shape index (κ3) is 2.83. The fourth-order valence-corrected chi connectivity index (χ4v) is 1.73. The Kier molecular flexibility index (Phi) is 3.87. The highest BCUT2D eigenvalue weighted by Crippen LogP contribution is 2.18. The van der Waals surface area contributed by atoms with E-state index in [0.717, 1.165) is 5.76 Å². The molecule has 0 aromatic carbocycles. The van der Waals surface area contributed by atoms with Gasteiger partial charge in [-0.15, -0.1) is 0 Å². The van der Waals surface area contributed by atoms with Crippen LogP contribution in [0.3, 0.4) is 0 Å². The van der Waals surface area contributed by atoms with Crippen molar-refractivity contribution in [2.45, 2.75) is 18.8 Å². The number of ketones is 1. The van der Waals surface area contributed by atoms with E-state index in [2.05, 4.69) is 4.98 Å². The Bertz CT molecular complexity index is 541. The lowest BCUT2D eigenvalue weighted by molar-refractivity contribution is -0.119.